The fourth-order valence-electron chi connectivity index (χ4n) is 1.70. The highest BCUT2D eigenvalue weighted by molar-refractivity contribution is 6.42. The Labute approximate surface area is 126 Å². The summed E-state index contributed by atoms with van der Waals surface area (Å²) in [6.07, 6.45) is 3.54. The number of benzene rings is 1. The molecule has 0 unspecified atom stereocenters. The Kier molecular flexibility index (Phi) is 4.87. The molecule has 2 rings (SSSR count). The number of amides is 2. The lowest BCUT2D eigenvalue weighted by atomic mass is 10.3. The molecule has 106 valence electrons. The molecule has 2 aromatic rings. The molecule has 0 aliphatic carbocycles. The number of carbonyl (C=O) groups is 1. The first-order chi connectivity index (χ1) is 9.54. The van der Waals surface area contributed by atoms with Crippen LogP contribution in [0, 0.1) is 0 Å². The fraction of sp³-hybridized carbons (Fsp3) is 0.231. The lowest BCUT2D eigenvalue weighted by Crippen LogP contribution is -2.38. The van der Waals surface area contributed by atoms with E-state index in [1.165, 1.54) is 0 Å². The Morgan fingerprint density at radius 2 is 2.20 bits per heavy atom. The molecule has 0 saturated carbocycles. The number of halogens is 2. The van der Waals surface area contributed by atoms with Crippen molar-refractivity contribution in [2.45, 2.75) is 19.5 Å². The van der Waals surface area contributed by atoms with E-state index in [0.717, 1.165) is 0 Å². The van der Waals surface area contributed by atoms with Crippen molar-refractivity contribution in [2.75, 3.05) is 5.32 Å². The number of anilines is 1. The second kappa shape index (κ2) is 6.63. The maximum Gasteiger partial charge on any atom is 0.319 e. The Morgan fingerprint density at radius 1 is 1.40 bits per heavy atom. The molecule has 2 N–H and O–H groups in total. The van der Waals surface area contributed by atoms with Crippen molar-refractivity contribution in [1.82, 2.24) is 15.1 Å². The lowest BCUT2D eigenvalue weighted by Gasteiger charge is -2.15. The summed E-state index contributed by atoms with van der Waals surface area (Å²) >= 11 is 11.7. The highest BCUT2D eigenvalue weighted by atomic mass is 35.5. The molecule has 1 heterocycles. The Balaban J connectivity index is 1.87. The van der Waals surface area contributed by atoms with Crippen molar-refractivity contribution in [3.63, 3.8) is 0 Å². The largest absolute Gasteiger partial charge is 0.334 e. The SMILES string of the molecule is C[C@@H](Cn1cccn1)NC(=O)Nc1ccc(Cl)c(Cl)c1. The zero-order valence-electron chi connectivity index (χ0n) is 10.8. The first kappa shape index (κ1) is 14.7. The number of carbonyl (C=O) groups excluding carboxylic acids is 1. The van der Waals surface area contributed by atoms with Gasteiger partial charge in [-0.2, -0.15) is 5.10 Å². The van der Waals surface area contributed by atoms with E-state index in [0.29, 0.717) is 22.3 Å². The molecule has 0 radical (unpaired) electrons. The van der Waals surface area contributed by atoms with Gasteiger partial charge in [0.15, 0.2) is 0 Å². The van der Waals surface area contributed by atoms with Crippen LogP contribution >= 0.6 is 23.2 Å². The summed E-state index contributed by atoms with van der Waals surface area (Å²) in [5, 5.41) is 10.4. The van der Waals surface area contributed by atoms with E-state index in [2.05, 4.69) is 15.7 Å². The predicted molar refractivity (Wildman–Crippen MR) is 80.3 cm³/mol. The lowest BCUT2D eigenvalue weighted by molar-refractivity contribution is 0.247. The number of hydrogen-bond acceptors (Lipinski definition) is 2. The summed E-state index contributed by atoms with van der Waals surface area (Å²) in [5.41, 5.74) is 0.586. The standard InChI is InChI=1S/C13H14Cl2N4O/c1-9(8-19-6-2-5-16-19)17-13(20)18-10-3-4-11(14)12(15)7-10/h2-7,9H,8H2,1H3,(H2,17,18,20)/t9-/m0/s1. The molecule has 0 saturated heterocycles. The molecule has 2 amide bonds. The zero-order chi connectivity index (χ0) is 14.5. The zero-order valence-corrected chi connectivity index (χ0v) is 12.3. The smallest absolute Gasteiger partial charge is 0.319 e. The summed E-state index contributed by atoms with van der Waals surface area (Å²) in [6.45, 7) is 2.50. The third-order valence-electron chi connectivity index (χ3n) is 2.58. The molecule has 0 fully saturated rings. The van der Waals surface area contributed by atoms with E-state index in [1.807, 2.05) is 19.2 Å². The van der Waals surface area contributed by atoms with Gasteiger partial charge in [0.05, 0.1) is 16.6 Å². The number of urea groups is 1. The molecule has 0 aliphatic heterocycles. The monoisotopic (exact) mass is 312 g/mol. The van der Waals surface area contributed by atoms with E-state index in [4.69, 9.17) is 23.2 Å². The molecular weight excluding hydrogens is 299 g/mol. The van der Waals surface area contributed by atoms with Crippen LogP contribution in [0.15, 0.2) is 36.7 Å². The Hall–Kier alpha value is -1.72. The summed E-state index contributed by atoms with van der Waals surface area (Å²) in [7, 11) is 0. The fourth-order valence-corrected chi connectivity index (χ4v) is 2.00. The van der Waals surface area contributed by atoms with Gasteiger partial charge in [0.2, 0.25) is 0 Å². The van der Waals surface area contributed by atoms with Gasteiger partial charge in [-0.15, -0.1) is 0 Å². The molecule has 7 heteroatoms. The molecule has 0 spiro atoms. The van der Waals surface area contributed by atoms with Gasteiger partial charge in [0, 0.05) is 24.1 Å². The van der Waals surface area contributed by atoms with Crippen LogP contribution in [0.2, 0.25) is 10.0 Å². The normalized spacial score (nSPS) is 11.9. The molecular formula is C13H14Cl2N4O. The average Bonchev–Trinajstić information content (AvgIpc) is 2.86. The highest BCUT2D eigenvalue weighted by Crippen LogP contribution is 2.24. The number of hydrogen-bond donors (Lipinski definition) is 2. The van der Waals surface area contributed by atoms with Crippen molar-refractivity contribution in [3.05, 3.63) is 46.7 Å². The molecule has 1 aromatic carbocycles. The van der Waals surface area contributed by atoms with Gasteiger partial charge in [-0.25, -0.2) is 4.79 Å². The van der Waals surface area contributed by atoms with Crippen LogP contribution < -0.4 is 10.6 Å². The first-order valence-electron chi connectivity index (χ1n) is 6.04. The van der Waals surface area contributed by atoms with Crippen LogP contribution in [0.3, 0.4) is 0 Å². The minimum Gasteiger partial charge on any atom is -0.334 e. The van der Waals surface area contributed by atoms with Gasteiger partial charge in [-0.1, -0.05) is 23.2 Å². The highest BCUT2D eigenvalue weighted by Gasteiger charge is 2.09. The number of nitrogens with zero attached hydrogens (tertiary/aromatic N) is 2. The van der Waals surface area contributed by atoms with E-state index < -0.39 is 0 Å². The van der Waals surface area contributed by atoms with E-state index in [-0.39, 0.29) is 12.1 Å². The van der Waals surface area contributed by atoms with E-state index >= 15 is 0 Å². The van der Waals surface area contributed by atoms with Gasteiger partial charge >= 0.3 is 6.03 Å². The number of nitrogens with one attached hydrogen (secondary N) is 2. The van der Waals surface area contributed by atoms with Gasteiger partial charge in [0.25, 0.3) is 0 Å². The van der Waals surface area contributed by atoms with Gasteiger partial charge in [-0.3, -0.25) is 4.68 Å². The first-order valence-corrected chi connectivity index (χ1v) is 6.80. The van der Waals surface area contributed by atoms with Crippen LogP contribution in [0.1, 0.15) is 6.92 Å². The maximum atomic E-state index is 11.8. The molecule has 20 heavy (non-hydrogen) atoms. The summed E-state index contributed by atoms with van der Waals surface area (Å²) in [4.78, 5) is 11.8. The molecule has 1 aromatic heterocycles. The summed E-state index contributed by atoms with van der Waals surface area (Å²) in [5.74, 6) is 0. The van der Waals surface area contributed by atoms with Crippen LogP contribution in [0.25, 0.3) is 0 Å². The van der Waals surface area contributed by atoms with Crippen LogP contribution in [0.4, 0.5) is 10.5 Å². The molecule has 0 bridgehead atoms. The number of rotatable bonds is 4. The molecule has 5 nitrogen and oxygen atoms in total. The van der Waals surface area contributed by atoms with Crippen molar-refractivity contribution in [2.24, 2.45) is 0 Å². The molecule has 1 atom stereocenters. The third-order valence-corrected chi connectivity index (χ3v) is 3.31. The number of aromatic nitrogens is 2. The van der Waals surface area contributed by atoms with E-state index in [1.54, 1.807) is 29.1 Å². The van der Waals surface area contributed by atoms with E-state index in [9.17, 15) is 4.79 Å². The van der Waals surface area contributed by atoms with Crippen molar-refractivity contribution < 1.29 is 4.79 Å². The second-order valence-electron chi connectivity index (χ2n) is 4.36. The summed E-state index contributed by atoms with van der Waals surface area (Å²) in [6, 6.07) is 6.39. The van der Waals surface area contributed by atoms with Crippen molar-refractivity contribution in [1.29, 1.82) is 0 Å². The topological polar surface area (TPSA) is 59.0 Å². The van der Waals surface area contributed by atoms with Gasteiger partial charge in [0.1, 0.15) is 0 Å². The minimum atomic E-state index is -0.303. The van der Waals surface area contributed by atoms with Gasteiger partial charge < -0.3 is 10.6 Å². The summed E-state index contributed by atoms with van der Waals surface area (Å²) < 4.78 is 1.75. The van der Waals surface area contributed by atoms with Gasteiger partial charge in [-0.05, 0) is 31.2 Å². The van der Waals surface area contributed by atoms with Crippen LogP contribution in [0.5, 0.6) is 0 Å². The quantitative estimate of drug-likeness (QED) is 0.909. The van der Waals surface area contributed by atoms with Crippen LogP contribution in [-0.2, 0) is 6.54 Å². The van der Waals surface area contributed by atoms with Crippen LogP contribution in [-0.4, -0.2) is 21.9 Å². The molecule has 0 aliphatic rings. The van der Waals surface area contributed by atoms with Crippen molar-refractivity contribution >= 4 is 34.9 Å². The Bertz CT molecular complexity index is 586. The second-order valence-corrected chi connectivity index (χ2v) is 5.17. The predicted octanol–water partition coefficient (Wildman–Crippen LogP) is 3.40. The Morgan fingerprint density at radius 3 is 2.85 bits per heavy atom. The average molecular weight is 313 g/mol. The van der Waals surface area contributed by atoms with Crippen molar-refractivity contribution in [3.8, 4) is 0 Å². The maximum absolute atomic E-state index is 11.8. The third kappa shape index (κ3) is 4.15. The minimum absolute atomic E-state index is 0.0577.